The average Bonchev–Trinajstić information content (AvgIpc) is 2.77. The van der Waals surface area contributed by atoms with Gasteiger partial charge in [0.25, 0.3) is 5.91 Å². The number of benzene rings is 3. The molecule has 29 heavy (non-hydrogen) atoms. The van der Waals surface area contributed by atoms with Crippen LogP contribution in [-0.2, 0) is 11.3 Å². The summed E-state index contributed by atoms with van der Waals surface area (Å²) < 4.78 is 5.18. The molecule has 2 atom stereocenters. The van der Waals surface area contributed by atoms with Crippen LogP contribution in [0.25, 0.3) is 0 Å². The van der Waals surface area contributed by atoms with E-state index in [1.807, 2.05) is 49.4 Å². The zero-order valence-electron chi connectivity index (χ0n) is 17.3. The van der Waals surface area contributed by atoms with Crippen LogP contribution >= 0.6 is 0 Å². The van der Waals surface area contributed by atoms with Crippen molar-refractivity contribution in [2.45, 2.75) is 32.5 Å². The van der Waals surface area contributed by atoms with Gasteiger partial charge in [-0.3, -0.25) is 4.79 Å². The molecule has 0 saturated heterocycles. The van der Waals surface area contributed by atoms with Crippen LogP contribution in [0, 0.1) is 6.92 Å². The monoisotopic (exact) mass is 389 g/mol. The molecule has 4 heteroatoms. The van der Waals surface area contributed by atoms with Gasteiger partial charge in [-0.05, 0) is 31.5 Å². The molecule has 0 aliphatic rings. The fourth-order valence-corrected chi connectivity index (χ4v) is 3.32. The largest absolute Gasteiger partial charge is 0.497 e. The SMILES string of the molecule is COc1ccc(CNC(=O)[C@@H](C)[NH2+][C@H](c2ccccc2)c2ccc(C)cc2)cc1. The molecule has 1 amide bonds. The minimum atomic E-state index is -0.222. The molecule has 0 saturated carbocycles. The van der Waals surface area contributed by atoms with Gasteiger partial charge in [-0.2, -0.15) is 0 Å². The number of carbonyl (C=O) groups excluding carboxylic acids is 1. The number of aryl methyl sites for hydroxylation is 1. The van der Waals surface area contributed by atoms with E-state index in [1.54, 1.807) is 7.11 Å². The molecule has 0 spiro atoms. The summed E-state index contributed by atoms with van der Waals surface area (Å²) in [6.07, 6.45) is 0. The Bertz CT molecular complexity index is 906. The third kappa shape index (κ3) is 5.69. The molecule has 3 aromatic carbocycles. The van der Waals surface area contributed by atoms with E-state index in [4.69, 9.17) is 4.74 Å². The van der Waals surface area contributed by atoms with Crippen molar-refractivity contribution in [3.8, 4) is 5.75 Å². The molecule has 3 aromatic rings. The minimum absolute atomic E-state index is 0.0221. The number of nitrogens with one attached hydrogen (secondary N) is 1. The first-order valence-electron chi connectivity index (χ1n) is 9.94. The molecular weight excluding hydrogens is 360 g/mol. The van der Waals surface area contributed by atoms with Gasteiger partial charge in [-0.25, -0.2) is 0 Å². The summed E-state index contributed by atoms with van der Waals surface area (Å²) in [6.45, 7) is 4.54. The van der Waals surface area contributed by atoms with E-state index in [1.165, 1.54) is 16.7 Å². The first kappa shape index (κ1) is 20.6. The second-order valence-electron chi connectivity index (χ2n) is 7.35. The van der Waals surface area contributed by atoms with Crippen molar-refractivity contribution < 1.29 is 14.8 Å². The van der Waals surface area contributed by atoms with Gasteiger partial charge < -0.3 is 15.4 Å². The summed E-state index contributed by atoms with van der Waals surface area (Å²) in [5, 5.41) is 5.17. The molecule has 0 aliphatic carbocycles. The van der Waals surface area contributed by atoms with Crippen LogP contribution in [0.1, 0.15) is 35.2 Å². The molecule has 3 rings (SSSR count). The number of hydrogen-bond donors (Lipinski definition) is 2. The van der Waals surface area contributed by atoms with Crippen molar-refractivity contribution in [3.05, 3.63) is 101 Å². The van der Waals surface area contributed by atoms with Crippen molar-refractivity contribution in [1.29, 1.82) is 0 Å². The lowest BCUT2D eigenvalue weighted by molar-refractivity contribution is -0.704. The lowest BCUT2D eigenvalue weighted by Crippen LogP contribution is -2.92. The highest BCUT2D eigenvalue weighted by molar-refractivity contribution is 5.79. The van der Waals surface area contributed by atoms with Gasteiger partial charge in [0.2, 0.25) is 0 Å². The zero-order chi connectivity index (χ0) is 20.6. The van der Waals surface area contributed by atoms with Crippen LogP contribution in [0.2, 0.25) is 0 Å². The number of amides is 1. The van der Waals surface area contributed by atoms with E-state index in [0.29, 0.717) is 6.54 Å². The summed E-state index contributed by atoms with van der Waals surface area (Å²) >= 11 is 0. The van der Waals surface area contributed by atoms with E-state index in [2.05, 4.69) is 54.0 Å². The van der Waals surface area contributed by atoms with Gasteiger partial charge in [0.05, 0.1) is 7.11 Å². The highest BCUT2D eigenvalue weighted by Gasteiger charge is 2.24. The number of rotatable bonds is 8. The predicted molar refractivity (Wildman–Crippen MR) is 116 cm³/mol. The third-order valence-corrected chi connectivity index (χ3v) is 5.12. The Morgan fingerprint density at radius 2 is 1.55 bits per heavy atom. The third-order valence-electron chi connectivity index (χ3n) is 5.12. The molecule has 4 nitrogen and oxygen atoms in total. The second-order valence-corrected chi connectivity index (χ2v) is 7.35. The topological polar surface area (TPSA) is 54.9 Å². The van der Waals surface area contributed by atoms with Gasteiger partial charge in [0, 0.05) is 17.7 Å². The quantitative estimate of drug-likeness (QED) is 0.621. The van der Waals surface area contributed by atoms with Gasteiger partial charge in [0.15, 0.2) is 6.04 Å². The Hall–Kier alpha value is -3.11. The molecule has 3 N–H and O–H groups in total. The van der Waals surface area contributed by atoms with Crippen molar-refractivity contribution in [2.75, 3.05) is 7.11 Å². The molecular formula is C25H29N2O2+. The Morgan fingerprint density at radius 1 is 0.931 bits per heavy atom. The molecule has 0 bridgehead atoms. The Morgan fingerprint density at radius 3 is 2.17 bits per heavy atom. The average molecular weight is 390 g/mol. The van der Waals surface area contributed by atoms with E-state index in [-0.39, 0.29) is 18.0 Å². The maximum absolute atomic E-state index is 12.7. The first-order chi connectivity index (χ1) is 14.1. The molecule has 0 aromatic heterocycles. The minimum Gasteiger partial charge on any atom is -0.497 e. The number of ether oxygens (including phenoxy) is 1. The molecule has 0 radical (unpaired) electrons. The van der Waals surface area contributed by atoms with Gasteiger partial charge >= 0.3 is 0 Å². The second kappa shape index (κ2) is 9.89. The van der Waals surface area contributed by atoms with E-state index < -0.39 is 0 Å². The maximum atomic E-state index is 12.7. The number of methoxy groups -OCH3 is 1. The van der Waals surface area contributed by atoms with Crippen LogP contribution < -0.4 is 15.4 Å². The van der Waals surface area contributed by atoms with Crippen molar-refractivity contribution in [3.63, 3.8) is 0 Å². The number of nitrogens with two attached hydrogens (primary N) is 1. The van der Waals surface area contributed by atoms with Gasteiger partial charge in [0.1, 0.15) is 11.8 Å². The lowest BCUT2D eigenvalue weighted by atomic mass is 9.97. The highest BCUT2D eigenvalue weighted by atomic mass is 16.5. The summed E-state index contributed by atoms with van der Waals surface area (Å²) in [5.74, 6) is 0.833. The van der Waals surface area contributed by atoms with Crippen LogP contribution in [0.15, 0.2) is 78.9 Å². The highest BCUT2D eigenvalue weighted by Crippen LogP contribution is 2.19. The smallest absolute Gasteiger partial charge is 0.278 e. The fraction of sp³-hybridized carbons (Fsp3) is 0.240. The predicted octanol–water partition coefficient (Wildman–Crippen LogP) is 3.36. The number of carbonyl (C=O) groups is 1. The normalized spacial score (nSPS) is 12.8. The zero-order valence-corrected chi connectivity index (χ0v) is 17.3. The van der Waals surface area contributed by atoms with Crippen LogP contribution in [0.3, 0.4) is 0 Å². The summed E-state index contributed by atoms with van der Waals surface area (Å²) in [5.41, 5.74) is 4.65. The molecule has 0 unspecified atom stereocenters. The van der Waals surface area contributed by atoms with Crippen LogP contribution in [0.5, 0.6) is 5.75 Å². The van der Waals surface area contributed by atoms with Crippen molar-refractivity contribution >= 4 is 5.91 Å². The van der Waals surface area contributed by atoms with Crippen molar-refractivity contribution in [2.24, 2.45) is 0 Å². The van der Waals surface area contributed by atoms with Crippen molar-refractivity contribution in [1.82, 2.24) is 5.32 Å². The molecule has 0 fully saturated rings. The van der Waals surface area contributed by atoms with E-state index in [0.717, 1.165) is 11.3 Å². The van der Waals surface area contributed by atoms with Gasteiger partial charge in [-0.1, -0.05) is 72.3 Å². The molecule has 0 aliphatic heterocycles. The van der Waals surface area contributed by atoms with Gasteiger partial charge in [-0.15, -0.1) is 0 Å². The molecule has 150 valence electrons. The van der Waals surface area contributed by atoms with Crippen LogP contribution in [0.4, 0.5) is 0 Å². The summed E-state index contributed by atoms with van der Waals surface area (Å²) in [7, 11) is 1.64. The first-order valence-corrected chi connectivity index (χ1v) is 9.94. The Balaban J connectivity index is 1.67. The number of hydrogen-bond acceptors (Lipinski definition) is 2. The lowest BCUT2D eigenvalue weighted by Gasteiger charge is -2.21. The Labute approximate surface area is 172 Å². The fourth-order valence-electron chi connectivity index (χ4n) is 3.32. The van der Waals surface area contributed by atoms with Crippen LogP contribution in [-0.4, -0.2) is 19.1 Å². The Kier molecular flexibility index (Phi) is 7.04. The number of quaternary nitrogens is 1. The molecule has 0 heterocycles. The standard InChI is InChI=1S/C25H28N2O2/c1-18-9-13-22(14-10-18)24(21-7-5-4-6-8-21)27-19(2)25(28)26-17-20-11-15-23(29-3)16-12-20/h4-16,19,24,27H,17H2,1-3H3,(H,26,28)/p+1/t19-,24-/m1/s1. The van der Waals surface area contributed by atoms with E-state index in [9.17, 15) is 4.79 Å². The summed E-state index contributed by atoms with van der Waals surface area (Å²) in [6, 6.07) is 26.4. The summed E-state index contributed by atoms with van der Waals surface area (Å²) in [4.78, 5) is 12.7. The maximum Gasteiger partial charge on any atom is 0.278 e. The van der Waals surface area contributed by atoms with E-state index >= 15 is 0 Å².